The summed E-state index contributed by atoms with van der Waals surface area (Å²) in [6.45, 7) is 2.02. The summed E-state index contributed by atoms with van der Waals surface area (Å²) in [6.07, 6.45) is 1.03. The van der Waals surface area contributed by atoms with Gasteiger partial charge in [-0.25, -0.2) is 4.79 Å². The number of aryl methyl sites for hydroxylation is 1. The zero-order valence-electron chi connectivity index (χ0n) is 14.2. The molecule has 0 saturated heterocycles. The van der Waals surface area contributed by atoms with Gasteiger partial charge in [0, 0.05) is 25.6 Å². The summed E-state index contributed by atoms with van der Waals surface area (Å²) in [4.78, 5) is 46.3. The number of benzene rings is 1. The summed E-state index contributed by atoms with van der Waals surface area (Å²) < 4.78 is 6.32. The maximum Gasteiger partial charge on any atom is 0.419 e. The van der Waals surface area contributed by atoms with Crippen LogP contribution in [0, 0.1) is 10.1 Å². The Morgan fingerprint density at radius 3 is 2.73 bits per heavy atom. The van der Waals surface area contributed by atoms with Crippen molar-refractivity contribution in [1.82, 2.24) is 9.47 Å². The molecule has 1 aromatic heterocycles. The van der Waals surface area contributed by atoms with Gasteiger partial charge in [0.2, 0.25) is 5.91 Å². The number of nitrogens with zero attached hydrogens (tertiary/aromatic N) is 3. The van der Waals surface area contributed by atoms with Crippen LogP contribution < -0.4 is 5.76 Å². The zero-order chi connectivity index (χ0) is 19.3. The van der Waals surface area contributed by atoms with Gasteiger partial charge < -0.3 is 14.4 Å². The fraction of sp³-hybridized carbons (Fsp3) is 0.438. The normalized spacial score (nSPS) is 10.8. The Bertz CT molecular complexity index is 884. The van der Waals surface area contributed by atoms with Gasteiger partial charge in [-0.1, -0.05) is 6.92 Å². The number of carbonyl (C=O) groups excluding carboxylic acids is 1. The molecule has 2 rings (SSSR count). The number of carboxylic acid groups (broad SMARTS) is 1. The zero-order valence-corrected chi connectivity index (χ0v) is 14.2. The number of aromatic nitrogens is 1. The van der Waals surface area contributed by atoms with Crippen LogP contribution in [0.5, 0.6) is 0 Å². The lowest BCUT2D eigenvalue weighted by atomic mass is 10.2. The molecule has 0 atom stereocenters. The van der Waals surface area contributed by atoms with E-state index in [4.69, 9.17) is 9.52 Å². The molecule has 0 aliphatic rings. The second-order valence-electron chi connectivity index (χ2n) is 5.74. The van der Waals surface area contributed by atoms with Crippen molar-refractivity contribution < 1.29 is 24.0 Å². The van der Waals surface area contributed by atoms with Crippen molar-refractivity contribution in [1.29, 1.82) is 0 Å². The van der Waals surface area contributed by atoms with E-state index in [-0.39, 0.29) is 36.7 Å². The highest BCUT2D eigenvalue weighted by molar-refractivity contribution is 5.81. The molecule has 0 spiro atoms. The number of hydrogen-bond acceptors (Lipinski definition) is 6. The number of hydrogen-bond donors (Lipinski definition) is 1. The van der Waals surface area contributed by atoms with E-state index in [1.807, 2.05) is 6.92 Å². The third kappa shape index (κ3) is 4.47. The van der Waals surface area contributed by atoms with Gasteiger partial charge in [-0.15, -0.1) is 0 Å². The van der Waals surface area contributed by atoms with Gasteiger partial charge in [-0.3, -0.25) is 24.3 Å². The number of amides is 1. The second-order valence-corrected chi connectivity index (χ2v) is 5.74. The first-order chi connectivity index (χ1) is 12.3. The molecule has 10 nitrogen and oxygen atoms in total. The van der Waals surface area contributed by atoms with E-state index in [1.54, 1.807) is 0 Å². The lowest BCUT2D eigenvalue weighted by molar-refractivity contribution is -0.384. The smallest absolute Gasteiger partial charge is 0.419 e. The fourth-order valence-electron chi connectivity index (χ4n) is 2.65. The van der Waals surface area contributed by atoms with Crippen LogP contribution >= 0.6 is 0 Å². The summed E-state index contributed by atoms with van der Waals surface area (Å²) in [5.74, 6) is -2.04. The van der Waals surface area contributed by atoms with E-state index in [0.29, 0.717) is 24.9 Å². The third-order valence-corrected chi connectivity index (χ3v) is 3.81. The van der Waals surface area contributed by atoms with Crippen molar-refractivity contribution in [3.8, 4) is 0 Å². The quantitative estimate of drug-likeness (QED) is 0.526. The Balaban J connectivity index is 2.06. The Morgan fingerprint density at radius 2 is 2.12 bits per heavy atom. The molecule has 26 heavy (non-hydrogen) atoms. The number of oxazole rings is 1. The number of rotatable bonds is 9. The molecule has 0 radical (unpaired) electrons. The van der Waals surface area contributed by atoms with Crippen molar-refractivity contribution >= 4 is 28.7 Å². The molecule has 1 heterocycles. The number of carboxylic acids is 1. The van der Waals surface area contributed by atoms with Gasteiger partial charge in [-0.2, -0.15) is 0 Å². The predicted octanol–water partition coefficient (Wildman–Crippen LogP) is 1.61. The highest BCUT2D eigenvalue weighted by Crippen LogP contribution is 2.20. The van der Waals surface area contributed by atoms with Crippen LogP contribution in [0.25, 0.3) is 11.1 Å². The van der Waals surface area contributed by atoms with Crippen LogP contribution in [-0.4, -0.2) is 44.5 Å². The topological polar surface area (TPSA) is 136 Å². The molecule has 0 aliphatic heterocycles. The SMILES string of the molecule is CCCN(CC(=O)O)C(=O)CCCn1c(=O)oc2cc([N+](=O)[O-])ccc21. The number of non-ortho nitro benzene ring substituents is 1. The molecule has 1 aromatic carbocycles. The average Bonchev–Trinajstić information content (AvgIpc) is 2.88. The van der Waals surface area contributed by atoms with Crippen LogP contribution in [0.4, 0.5) is 5.69 Å². The van der Waals surface area contributed by atoms with Gasteiger partial charge >= 0.3 is 11.7 Å². The van der Waals surface area contributed by atoms with Gasteiger partial charge in [-0.05, 0) is 18.9 Å². The number of nitro groups is 1. The van der Waals surface area contributed by atoms with E-state index < -0.39 is 16.6 Å². The number of nitro benzene ring substituents is 1. The molecule has 0 aliphatic carbocycles. The molecule has 140 valence electrons. The standard InChI is InChI=1S/C16H19N3O7/c1-2-7-17(10-15(21)22)14(20)4-3-8-18-12-6-5-11(19(24)25)9-13(12)26-16(18)23/h5-6,9H,2-4,7-8,10H2,1H3,(H,21,22). The van der Waals surface area contributed by atoms with E-state index in [9.17, 15) is 24.5 Å². The predicted molar refractivity (Wildman–Crippen MR) is 90.9 cm³/mol. The summed E-state index contributed by atoms with van der Waals surface area (Å²) >= 11 is 0. The molecule has 0 bridgehead atoms. The summed E-state index contributed by atoms with van der Waals surface area (Å²) in [6, 6.07) is 3.87. The molecular weight excluding hydrogens is 346 g/mol. The lowest BCUT2D eigenvalue weighted by Crippen LogP contribution is -2.36. The van der Waals surface area contributed by atoms with Gasteiger partial charge in [0.15, 0.2) is 5.58 Å². The maximum absolute atomic E-state index is 12.1. The van der Waals surface area contributed by atoms with Crippen LogP contribution in [0.3, 0.4) is 0 Å². The first kappa shape index (κ1) is 19.2. The van der Waals surface area contributed by atoms with Crippen molar-refractivity contribution in [3.05, 3.63) is 38.9 Å². The molecule has 10 heteroatoms. The summed E-state index contributed by atoms with van der Waals surface area (Å²) in [5.41, 5.74) is 0.329. The minimum absolute atomic E-state index is 0.0827. The van der Waals surface area contributed by atoms with Crippen molar-refractivity contribution in [3.63, 3.8) is 0 Å². The molecule has 1 amide bonds. The average molecular weight is 365 g/mol. The van der Waals surface area contributed by atoms with E-state index >= 15 is 0 Å². The Kier molecular flexibility index (Phi) is 6.10. The van der Waals surface area contributed by atoms with Gasteiger partial charge in [0.1, 0.15) is 6.54 Å². The largest absolute Gasteiger partial charge is 0.480 e. The first-order valence-electron chi connectivity index (χ1n) is 8.10. The number of carbonyl (C=O) groups is 2. The number of aliphatic carboxylic acids is 1. The van der Waals surface area contributed by atoms with E-state index in [1.165, 1.54) is 27.7 Å². The van der Waals surface area contributed by atoms with Crippen molar-refractivity contribution in [2.45, 2.75) is 32.7 Å². The lowest BCUT2D eigenvalue weighted by Gasteiger charge is -2.19. The molecule has 1 N–H and O–H groups in total. The van der Waals surface area contributed by atoms with E-state index in [2.05, 4.69) is 0 Å². The molecule has 0 fully saturated rings. The van der Waals surface area contributed by atoms with Gasteiger partial charge in [0.25, 0.3) is 5.69 Å². The molecule has 0 saturated carbocycles. The Labute approximate surface area is 147 Å². The maximum atomic E-state index is 12.1. The highest BCUT2D eigenvalue weighted by Gasteiger charge is 2.17. The van der Waals surface area contributed by atoms with Crippen LogP contribution in [-0.2, 0) is 16.1 Å². The Morgan fingerprint density at radius 1 is 1.38 bits per heavy atom. The second kappa shape index (κ2) is 8.28. The summed E-state index contributed by atoms with van der Waals surface area (Å²) in [7, 11) is 0. The van der Waals surface area contributed by atoms with E-state index in [0.717, 1.165) is 0 Å². The monoisotopic (exact) mass is 365 g/mol. The Hall–Kier alpha value is -3.17. The van der Waals surface area contributed by atoms with Crippen molar-refractivity contribution in [2.75, 3.05) is 13.1 Å². The van der Waals surface area contributed by atoms with Gasteiger partial charge in [0.05, 0.1) is 16.5 Å². The first-order valence-corrected chi connectivity index (χ1v) is 8.10. The third-order valence-electron chi connectivity index (χ3n) is 3.81. The van der Waals surface area contributed by atoms with Crippen LogP contribution in [0.1, 0.15) is 26.2 Å². The summed E-state index contributed by atoms with van der Waals surface area (Å²) in [5, 5.41) is 19.6. The highest BCUT2D eigenvalue weighted by atomic mass is 16.6. The fourth-order valence-corrected chi connectivity index (χ4v) is 2.65. The minimum Gasteiger partial charge on any atom is -0.480 e. The number of fused-ring (bicyclic) bond motifs is 1. The van der Waals surface area contributed by atoms with Crippen molar-refractivity contribution in [2.24, 2.45) is 0 Å². The van der Waals surface area contributed by atoms with Crippen LogP contribution in [0.2, 0.25) is 0 Å². The van der Waals surface area contributed by atoms with Crippen LogP contribution in [0.15, 0.2) is 27.4 Å². The molecule has 0 unspecified atom stereocenters. The minimum atomic E-state index is -1.08. The molecular formula is C16H19N3O7. The molecule has 2 aromatic rings.